The van der Waals surface area contributed by atoms with Crippen molar-refractivity contribution in [2.24, 2.45) is 0 Å². The molecule has 1 atom stereocenters. The highest BCUT2D eigenvalue weighted by atomic mass is 16.3. The molecule has 8 heavy (non-hydrogen) atoms. The van der Waals surface area contributed by atoms with Crippen molar-refractivity contribution in [2.75, 3.05) is 0 Å². The van der Waals surface area contributed by atoms with Gasteiger partial charge in [0, 0.05) is 0 Å². The Labute approximate surface area is 50.0 Å². The molecular formula is C7H12O. The van der Waals surface area contributed by atoms with Gasteiger partial charge in [-0.05, 0) is 19.3 Å². The summed E-state index contributed by atoms with van der Waals surface area (Å²) in [5.41, 5.74) is 0. The second-order valence-electron chi connectivity index (χ2n) is 2.28. The van der Waals surface area contributed by atoms with E-state index in [4.69, 9.17) is 5.11 Å². The van der Waals surface area contributed by atoms with Crippen LogP contribution in [0.15, 0.2) is 12.2 Å². The van der Waals surface area contributed by atoms with E-state index in [0.29, 0.717) is 0 Å². The molecule has 1 nitrogen and oxygen atoms in total. The number of aliphatic hydroxyl groups excluding tert-OH is 1. The summed E-state index contributed by atoms with van der Waals surface area (Å²) in [5.74, 6) is 0. The molecule has 0 heterocycles. The average Bonchev–Trinajstić information content (AvgIpc) is 1.94. The van der Waals surface area contributed by atoms with Crippen LogP contribution in [-0.2, 0) is 0 Å². The van der Waals surface area contributed by atoms with Crippen molar-refractivity contribution in [3.63, 3.8) is 0 Å². The first-order valence-electron chi connectivity index (χ1n) is 3.24. The summed E-state index contributed by atoms with van der Waals surface area (Å²) in [6.45, 7) is 0. The summed E-state index contributed by atoms with van der Waals surface area (Å²) >= 11 is 0. The lowest BCUT2D eigenvalue weighted by Gasteiger charge is -1.98. The molecule has 0 saturated carbocycles. The van der Waals surface area contributed by atoms with E-state index in [1.807, 2.05) is 6.08 Å². The normalized spacial score (nSPS) is 29.9. The molecule has 0 unspecified atom stereocenters. The second kappa shape index (κ2) is 2.88. The maximum atomic E-state index is 9.00. The molecule has 0 amide bonds. The van der Waals surface area contributed by atoms with E-state index < -0.39 is 0 Å². The fourth-order valence-electron chi connectivity index (χ4n) is 0.965. The van der Waals surface area contributed by atoms with Crippen LogP contribution in [0, 0.1) is 0 Å². The zero-order valence-corrected chi connectivity index (χ0v) is 5.01. The van der Waals surface area contributed by atoms with Crippen molar-refractivity contribution >= 4 is 0 Å². The van der Waals surface area contributed by atoms with Gasteiger partial charge in [0.15, 0.2) is 0 Å². The Morgan fingerprint density at radius 1 is 1.38 bits per heavy atom. The molecular weight excluding hydrogens is 100 g/mol. The first kappa shape index (κ1) is 5.83. The van der Waals surface area contributed by atoms with Crippen LogP contribution in [0.1, 0.15) is 25.7 Å². The topological polar surface area (TPSA) is 20.2 Å². The molecule has 46 valence electrons. The highest BCUT2D eigenvalue weighted by Crippen LogP contribution is 2.09. The summed E-state index contributed by atoms with van der Waals surface area (Å²) in [5, 5.41) is 9.00. The zero-order chi connectivity index (χ0) is 5.82. The molecule has 0 bridgehead atoms. The predicted octanol–water partition coefficient (Wildman–Crippen LogP) is 1.48. The van der Waals surface area contributed by atoms with Gasteiger partial charge in [-0.2, -0.15) is 0 Å². The molecule has 0 aromatic heterocycles. The smallest absolute Gasteiger partial charge is 0.0720 e. The number of aliphatic hydroxyl groups is 1. The Hall–Kier alpha value is -0.300. The molecule has 0 aromatic carbocycles. The molecule has 1 heteroatoms. The quantitative estimate of drug-likeness (QED) is 0.470. The molecule has 0 spiro atoms. The van der Waals surface area contributed by atoms with E-state index in [1.54, 1.807) is 0 Å². The third-order valence-corrected chi connectivity index (χ3v) is 1.48. The highest BCUT2D eigenvalue weighted by molar-refractivity contribution is 4.90. The first-order valence-corrected chi connectivity index (χ1v) is 3.24. The summed E-state index contributed by atoms with van der Waals surface area (Å²) < 4.78 is 0. The van der Waals surface area contributed by atoms with Crippen LogP contribution in [0.5, 0.6) is 0 Å². The van der Waals surface area contributed by atoms with Gasteiger partial charge in [-0.3, -0.25) is 0 Å². The minimum atomic E-state index is -0.155. The number of rotatable bonds is 0. The maximum absolute atomic E-state index is 9.00. The molecule has 1 aliphatic carbocycles. The van der Waals surface area contributed by atoms with Crippen LogP contribution in [0.3, 0.4) is 0 Å². The molecule has 1 rings (SSSR count). The first-order chi connectivity index (χ1) is 3.89. The van der Waals surface area contributed by atoms with E-state index in [-0.39, 0.29) is 6.10 Å². The number of allylic oxidation sites excluding steroid dienone is 1. The van der Waals surface area contributed by atoms with Crippen molar-refractivity contribution in [1.82, 2.24) is 0 Å². The summed E-state index contributed by atoms with van der Waals surface area (Å²) in [6, 6.07) is 0. The van der Waals surface area contributed by atoms with Gasteiger partial charge in [0.2, 0.25) is 0 Å². The molecule has 0 fully saturated rings. The molecule has 0 aromatic rings. The van der Waals surface area contributed by atoms with E-state index in [2.05, 4.69) is 6.08 Å². The number of hydrogen-bond donors (Lipinski definition) is 1. The van der Waals surface area contributed by atoms with Gasteiger partial charge >= 0.3 is 0 Å². The Morgan fingerprint density at radius 3 is 3.12 bits per heavy atom. The van der Waals surface area contributed by atoms with Gasteiger partial charge in [0.05, 0.1) is 6.10 Å². The lowest BCUT2D eigenvalue weighted by Crippen LogP contribution is -1.98. The Balaban J connectivity index is 2.33. The van der Waals surface area contributed by atoms with E-state index in [0.717, 1.165) is 12.8 Å². The van der Waals surface area contributed by atoms with Crippen molar-refractivity contribution in [3.05, 3.63) is 12.2 Å². The van der Waals surface area contributed by atoms with Crippen molar-refractivity contribution in [1.29, 1.82) is 0 Å². The minimum Gasteiger partial charge on any atom is -0.389 e. The Bertz CT molecular complexity index is 86.4. The van der Waals surface area contributed by atoms with E-state index >= 15 is 0 Å². The summed E-state index contributed by atoms with van der Waals surface area (Å²) in [4.78, 5) is 0. The van der Waals surface area contributed by atoms with Gasteiger partial charge in [-0.1, -0.05) is 18.6 Å². The van der Waals surface area contributed by atoms with Crippen LogP contribution < -0.4 is 0 Å². The van der Waals surface area contributed by atoms with E-state index in [1.165, 1.54) is 12.8 Å². The lowest BCUT2D eigenvalue weighted by atomic mass is 10.2. The molecule has 1 N–H and O–H groups in total. The van der Waals surface area contributed by atoms with Gasteiger partial charge in [-0.15, -0.1) is 0 Å². The molecule has 1 aliphatic rings. The monoisotopic (exact) mass is 112 g/mol. The zero-order valence-electron chi connectivity index (χ0n) is 5.01. The third kappa shape index (κ3) is 1.66. The minimum absolute atomic E-state index is 0.155. The van der Waals surface area contributed by atoms with Crippen LogP contribution in [-0.4, -0.2) is 11.2 Å². The van der Waals surface area contributed by atoms with Crippen LogP contribution in [0.2, 0.25) is 0 Å². The van der Waals surface area contributed by atoms with Gasteiger partial charge in [-0.25, -0.2) is 0 Å². The Morgan fingerprint density at radius 2 is 2.25 bits per heavy atom. The fourth-order valence-corrected chi connectivity index (χ4v) is 0.965. The maximum Gasteiger partial charge on any atom is 0.0720 e. The summed E-state index contributed by atoms with van der Waals surface area (Å²) in [7, 11) is 0. The van der Waals surface area contributed by atoms with Gasteiger partial charge in [0.25, 0.3) is 0 Å². The second-order valence-corrected chi connectivity index (χ2v) is 2.28. The largest absolute Gasteiger partial charge is 0.389 e. The Kier molecular flexibility index (Phi) is 2.10. The van der Waals surface area contributed by atoms with Crippen molar-refractivity contribution in [2.45, 2.75) is 31.8 Å². The SMILES string of the molecule is O[C@@H]1C=CCCCC1. The molecule has 0 radical (unpaired) electrons. The summed E-state index contributed by atoms with van der Waals surface area (Å²) in [6.07, 6.45) is 8.33. The highest BCUT2D eigenvalue weighted by Gasteiger charge is 2.00. The van der Waals surface area contributed by atoms with Crippen LogP contribution in [0.4, 0.5) is 0 Å². The van der Waals surface area contributed by atoms with Crippen LogP contribution >= 0.6 is 0 Å². The lowest BCUT2D eigenvalue weighted by molar-refractivity contribution is 0.211. The van der Waals surface area contributed by atoms with Crippen LogP contribution in [0.25, 0.3) is 0 Å². The standard InChI is InChI=1S/C7H12O/c8-7-5-3-1-2-4-6-7/h3,5,7-8H,1-2,4,6H2/t7-/m1/s1. The van der Waals surface area contributed by atoms with E-state index in [9.17, 15) is 0 Å². The van der Waals surface area contributed by atoms with Gasteiger partial charge in [0.1, 0.15) is 0 Å². The molecule has 0 saturated heterocycles. The van der Waals surface area contributed by atoms with Crippen molar-refractivity contribution < 1.29 is 5.11 Å². The average molecular weight is 112 g/mol. The van der Waals surface area contributed by atoms with Crippen molar-refractivity contribution in [3.8, 4) is 0 Å². The third-order valence-electron chi connectivity index (χ3n) is 1.48. The van der Waals surface area contributed by atoms with Gasteiger partial charge < -0.3 is 5.11 Å². The molecule has 0 aliphatic heterocycles. The number of hydrogen-bond acceptors (Lipinski definition) is 1. The predicted molar refractivity (Wildman–Crippen MR) is 33.6 cm³/mol. The fraction of sp³-hybridized carbons (Fsp3) is 0.714.